The van der Waals surface area contributed by atoms with Crippen LogP contribution in [-0.4, -0.2) is 12.6 Å². The van der Waals surface area contributed by atoms with Crippen LogP contribution in [0.25, 0.3) is 11.1 Å². The van der Waals surface area contributed by atoms with Crippen LogP contribution in [0.2, 0.25) is 0 Å². The number of carbonyl (C=O) groups excluding carboxylic acids is 1. The molecule has 0 aliphatic carbocycles. The third-order valence-corrected chi connectivity index (χ3v) is 2.77. The minimum Gasteiger partial charge on any atom is -0.337 e. The Morgan fingerprint density at radius 3 is 2.30 bits per heavy atom. The van der Waals surface area contributed by atoms with Crippen molar-refractivity contribution >= 4 is 11.7 Å². The molecule has 0 radical (unpaired) electrons. The molecule has 0 aliphatic heterocycles. The van der Waals surface area contributed by atoms with Gasteiger partial charge in [0.2, 0.25) is 0 Å². The second-order valence-electron chi connectivity index (χ2n) is 4.23. The third kappa shape index (κ3) is 3.85. The number of hydrogen-bond donors (Lipinski definition) is 2. The number of nitrogens with zero attached hydrogens (tertiary/aromatic N) is 1. The van der Waals surface area contributed by atoms with E-state index in [-0.39, 0.29) is 6.03 Å². The van der Waals surface area contributed by atoms with Crippen molar-refractivity contribution in [2.45, 2.75) is 6.42 Å². The standard InChI is InChI=1S/C16H15N3O/c17-11-4-12-18-16(20)19-15-9-7-14(8-10-15)13-5-2-1-3-6-13/h1-3,5-10H,4,12H2,(H2,18,19,20). The summed E-state index contributed by atoms with van der Waals surface area (Å²) in [5.41, 5.74) is 2.96. The van der Waals surface area contributed by atoms with Gasteiger partial charge >= 0.3 is 6.03 Å². The van der Waals surface area contributed by atoms with Crippen molar-refractivity contribution in [1.82, 2.24) is 5.32 Å². The van der Waals surface area contributed by atoms with Crippen LogP contribution in [0.3, 0.4) is 0 Å². The summed E-state index contributed by atoms with van der Waals surface area (Å²) in [6, 6.07) is 19.3. The first kappa shape index (κ1) is 13.6. The first-order valence-corrected chi connectivity index (χ1v) is 6.37. The molecule has 0 unspecified atom stereocenters. The second kappa shape index (κ2) is 6.95. The molecule has 20 heavy (non-hydrogen) atoms. The molecule has 0 fully saturated rings. The molecule has 0 saturated heterocycles. The largest absolute Gasteiger partial charge is 0.337 e. The molecule has 4 heteroatoms. The van der Waals surface area contributed by atoms with E-state index in [1.54, 1.807) is 0 Å². The minimum atomic E-state index is -0.298. The van der Waals surface area contributed by atoms with E-state index in [2.05, 4.69) is 10.6 Å². The van der Waals surface area contributed by atoms with Gasteiger partial charge in [0.25, 0.3) is 0 Å². The lowest BCUT2D eigenvalue weighted by Crippen LogP contribution is -2.29. The molecule has 0 heterocycles. The molecule has 0 aliphatic rings. The predicted octanol–water partition coefficient (Wildman–Crippen LogP) is 3.39. The Morgan fingerprint density at radius 1 is 1.00 bits per heavy atom. The number of hydrogen-bond acceptors (Lipinski definition) is 2. The number of carbonyl (C=O) groups is 1. The molecule has 2 amide bonds. The summed E-state index contributed by atoms with van der Waals surface area (Å²) < 4.78 is 0. The molecule has 4 nitrogen and oxygen atoms in total. The highest BCUT2D eigenvalue weighted by molar-refractivity contribution is 5.89. The zero-order valence-electron chi connectivity index (χ0n) is 11.0. The molecule has 0 saturated carbocycles. The first-order chi connectivity index (χ1) is 9.79. The molecule has 2 N–H and O–H groups in total. The highest BCUT2D eigenvalue weighted by Gasteiger charge is 2.01. The van der Waals surface area contributed by atoms with Gasteiger partial charge in [-0.15, -0.1) is 0 Å². The number of nitriles is 1. The van der Waals surface area contributed by atoms with E-state index in [0.29, 0.717) is 13.0 Å². The van der Waals surface area contributed by atoms with Crippen LogP contribution in [0, 0.1) is 11.3 Å². The van der Waals surface area contributed by atoms with Gasteiger partial charge in [0.15, 0.2) is 0 Å². The van der Waals surface area contributed by atoms with Gasteiger partial charge in [0.05, 0.1) is 12.5 Å². The Morgan fingerprint density at radius 2 is 1.65 bits per heavy atom. The van der Waals surface area contributed by atoms with Crippen molar-refractivity contribution in [3.63, 3.8) is 0 Å². The lowest BCUT2D eigenvalue weighted by atomic mass is 10.1. The van der Waals surface area contributed by atoms with E-state index in [4.69, 9.17) is 5.26 Å². The Hall–Kier alpha value is -2.80. The summed E-state index contributed by atoms with van der Waals surface area (Å²) in [6.07, 6.45) is 0.306. The molecule has 0 aromatic heterocycles. The molecule has 100 valence electrons. The molecule has 0 bridgehead atoms. The second-order valence-corrected chi connectivity index (χ2v) is 4.23. The number of benzene rings is 2. The predicted molar refractivity (Wildman–Crippen MR) is 79.1 cm³/mol. The van der Waals surface area contributed by atoms with E-state index in [1.165, 1.54) is 0 Å². The van der Waals surface area contributed by atoms with Crippen LogP contribution in [-0.2, 0) is 0 Å². The van der Waals surface area contributed by atoms with Crippen molar-refractivity contribution in [3.05, 3.63) is 54.6 Å². The van der Waals surface area contributed by atoms with Gasteiger partial charge in [-0.3, -0.25) is 0 Å². The fraction of sp³-hybridized carbons (Fsp3) is 0.125. The Balaban J connectivity index is 1.95. The van der Waals surface area contributed by atoms with E-state index < -0.39 is 0 Å². The third-order valence-electron chi connectivity index (χ3n) is 2.77. The molecular formula is C16H15N3O. The van der Waals surface area contributed by atoms with Crippen molar-refractivity contribution in [1.29, 1.82) is 5.26 Å². The Kier molecular flexibility index (Phi) is 4.74. The van der Waals surface area contributed by atoms with E-state index in [0.717, 1.165) is 16.8 Å². The van der Waals surface area contributed by atoms with Crippen LogP contribution in [0.1, 0.15) is 6.42 Å². The number of nitrogens with one attached hydrogen (secondary N) is 2. The quantitative estimate of drug-likeness (QED) is 0.832. The van der Waals surface area contributed by atoms with Crippen molar-refractivity contribution in [2.75, 3.05) is 11.9 Å². The number of amides is 2. The van der Waals surface area contributed by atoms with Crippen molar-refractivity contribution in [3.8, 4) is 17.2 Å². The lowest BCUT2D eigenvalue weighted by molar-refractivity contribution is 0.252. The lowest BCUT2D eigenvalue weighted by Gasteiger charge is -2.07. The topological polar surface area (TPSA) is 64.9 Å². The zero-order chi connectivity index (χ0) is 14.2. The Labute approximate surface area is 118 Å². The fourth-order valence-electron chi connectivity index (χ4n) is 1.78. The van der Waals surface area contributed by atoms with Crippen LogP contribution in [0.4, 0.5) is 10.5 Å². The maximum absolute atomic E-state index is 11.5. The summed E-state index contributed by atoms with van der Waals surface area (Å²) in [4.78, 5) is 11.5. The molecule has 2 rings (SSSR count). The van der Waals surface area contributed by atoms with Crippen molar-refractivity contribution < 1.29 is 4.79 Å². The number of anilines is 1. The average molecular weight is 265 g/mol. The number of urea groups is 1. The highest BCUT2D eigenvalue weighted by Crippen LogP contribution is 2.20. The maximum atomic E-state index is 11.5. The van der Waals surface area contributed by atoms with Gasteiger partial charge in [0, 0.05) is 12.2 Å². The van der Waals surface area contributed by atoms with Crippen LogP contribution in [0.5, 0.6) is 0 Å². The average Bonchev–Trinajstić information content (AvgIpc) is 2.49. The fourth-order valence-corrected chi connectivity index (χ4v) is 1.78. The van der Waals surface area contributed by atoms with Gasteiger partial charge in [-0.05, 0) is 23.3 Å². The minimum absolute atomic E-state index is 0.298. The van der Waals surface area contributed by atoms with Crippen LogP contribution >= 0.6 is 0 Å². The van der Waals surface area contributed by atoms with Gasteiger partial charge in [-0.1, -0.05) is 42.5 Å². The molecular weight excluding hydrogens is 250 g/mol. The van der Waals surface area contributed by atoms with Gasteiger partial charge in [0.1, 0.15) is 0 Å². The van der Waals surface area contributed by atoms with Crippen molar-refractivity contribution in [2.24, 2.45) is 0 Å². The van der Waals surface area contributed by atoms with Crippen LogP contribution < -0.4 is 10.6 Å². The summed E-state index contributed by atoms with van der Waals surface area (Å²) in [7, 11) is 0. The smallest absolute Gasteiger partial charge is 0.319 e. The van der Waals surface area contributed by atoms with E-state index in [1.807, 2.05) is 60.7 Å². The van der Waals surface area contributed by atoms with Gasteiger partial charge in [-0.2, -0.15) is 5.26 Å². The van der Waals surface area contributed by atoms with E-state index in [9.17, 15) is 4.79 Å². The zero-order valence-corrected chi connectivity index (χ0v) is 11.0. The number of rotatable bonds is 4. The monoisotopic (exact) mass is 265 g/mol. The first-order valence-electron chi connectivity index (χ1n) is 6.37. The normalized spacial score (nSPS) is 9.55. The van der Waals surface area contributed by atoms with Crippen LogP contribution in [0.15, 0.2) is 54.6 Å². The maximum Gasteiger partial charge on any atom is 0.319 e. The van der Waals surface area contributed by atoms with Gasteiger partial charge in [-0.25, -0.2) is 4.79 Å². The molecule has 0 spiro atoms. The molecule has 2 aromatic carbocycles. The summed E-state index contributed by atoms with van der Waals surface area (Å²) in [5.74, 6) is 0. The van der Waals surface area contributed by atoms with Gasteiger partial charge < -0.3 is 10.6 Å². The Bertz CT molecular complexity index is 600. The van der Waals surface area contributed by atoms with E-state index >= 15 is 0 Å². The highest BCUT2D eigenvalue weighted by atomic mass is 16.2. The SMILES string of the molecule is N#CCCNC(=O)Nc1ccc(-c2ccccc2)cc1. The molecule has 2 aromatic rings. The summed E-state index contributed by atoms with van der Waals surface area (Å²) in [5, 5.41) is 13.7. The summed E-state index contributed by atoms with van der Waals surface area (Å²) in [6.45, 7) is 0.352. The molecule has 0 atom stereocenters. The summed E-state index contributed by atoms with van der Waals surface area (Å²) >= 11 is 0.